The van der Waals surface area contributed by atoms with Gasteiger partial charge in [-0.05, 0) is 26.0 Å². The van der Waals surface area contributed by atoms with Crippen molar-refractivity contribution in [3.05, 3.63) is 84.7 Å². The van der Waals surface area contributed by atoms with E-state index < -0.39 is 28.5 Å². The van der Waals surface area contributed by atoms with Gasteiger partial charge in [-0.3, -0.25) is 33.7 Å². The number of aryl methyl sites for hydroxylation is 1. The fourth-order valence-electron chi connectivity index (χ4n) is 3.02. The third kappa shape index (κ3) is 3.72. The molecule has 0 aliphatic heterocycles. The number of benzene rings is 1. The Bertz CT molecular complexity index is 1220. The third-order valence-corrected chi connectivity index (χ3v) is 4.63. The summed E-state index contributed by atoms with van der Waals surface area (Å²) in [5.74, 6) is -0.642. The number of carbonyl (C=O) groups is 1. The van der Waals surface area contributed by atoms with E-state index in [0.29, 0.717) is 11.4 Å². The molecule has 1 amide bonds. The number of nitro groups is 1. The minimum absolute atomic E-state index is 0.0796. The van der Waals surface area contributed by atoms with E-state index in [9.17, 15) is 24.5 Å². The Morgan fingerprint density at radius 3 is 2.45 bits per heavy atom. The predicted octanol–water partition coefficient (Wildman–Crippen LogP) is 1.50. The SMILES string of the molecule is Cc1cc(=O)n(CC(=O)Nc2c(C)n(C)n(-c3ccccc3)c2=O)cc1[N+](=O)[O-]. The van der Waals surface area contributed by atoms with E-state index in [2.05, 4.69) is 5.32 Å². The lowest BCUT2D eigenvalue weighted by Gasteiger charge is -2.07. The first-order chi connectivity index (χ1) is 13.7. The van der Waals surface area contributed by atoms with Crippen LogP contribution < -0.4 is 16.4 Å². The van der Waals surface area contributed by atoms with Crippen LogP contribution in [0.1, 0.15) is 11.3 Å². The molecule has 0 aliphatic carbocycles. The normalized spacial score (nSPS) is 10.7. The molecule has 1 N–H and O–H groups in total. The molecule has 0 bridgehead atoms. The first-order valence-electron chi connectivity index (χ1n) is 8.70. The highest BCUT2D eigenvalue weighted by Crippen LogP contribution is 2.15. The van der Waals surface area contributed by atoms with Gasteiger partial charge in [0, 0.05) is 18.7 Å². The number of rotatable bonds is 5. The highest BCUT2D eigenvalue weighted by Gasteiger charge is 2.19. The number of para-hydroxylation sites is 1. The van der Waals surface area contributed by atoms with Crippen LogP contribution in [0.5, 0.6) is 0 Å². The summed E-state index contributed by atoms with van der Waals surface area (Å²) in [4.78, 5) is 47.8. The van der Waals surface area contributed by atoms with Crippen LogP contribution in [-0.4, -0.2) is 24.8 Å². The molecular formula is C19H19N5O5. The summed E-state index contributed by atoms with van der Waals surface area (Å²) in [6.07, 6.45) is 1.03. The van der Waals surface area contributed by atoms with Crippen molar-refractivity contribution in [2.75, 3.05) is 5.32 Å². The van der Waals surface area contributed by atoms with Crippen LogP contribution in [0.25, 0.3) is 5.69 Å². The van der Waals surface area contributed by atoms with Crippen LogP contribution >= 0.6 is 0 Å². The molecule has 0 spiro atoms. The first-order valence-corrected chi connectivity index (χ1v) is 8.70. The van der Waals surface area contributed by atoms with E-state index in [-0.39, 0.29) is 16.9 Å². The number of pyridine rings is 1. The van der Waals surface area contributed by atoms with E-state index in [0.717, 1.165) is 16.8 Å². The van der Waals surface area contributed by atoms with Crippen LogP contribution in [0.3, 0.4) is 0 Å². The summed E-state index contributed by atoms with van der Waals surface area (Å²) >= 11 is 0. The minimum atomic E-state index is -0.642. The van der Waals surface area contributed by atoms with Crippen molar-refractivity contribution in [1.29, 1.82) is 0 Å². The summed E-state index contributed by atoms with van der Waals surface area (Å²) in [7, 11) is 1.69. The van der Waals surface area contributed by atoms with Gasteiger partial charge in [-0.15, -0.1) is 0 Å². The average molecular weight is 397 g/mol. The smallest absolute Gasteiger partial charge is 0.295 e. The van der Waals surface area contributed by atoms with Gasteiger partial charge in [0.1, 0.15) is 12.2 Å². The van der Waals surface area contributed by atoms with E-state index in [1.165, 1.54) is 11.6 Å². The Balaban J connectivity index is 1.91. The highest BCUT2D eigenvalue weighted by atomic mass is 16.6. The quantitative estimate of drug-likeness (QED) is 0.517. The lowest BCUT2D eigenvalue weighted by atomic mass is 10.2. The predicted molar refractivity (Wildman–Crippen MR) is 106 cm³/mol. The molecule has 2 heterocycles. The van der Waals surface area contributed by atoms with Crippen molar-refractivity contribution in [3.8, 4) is 5.69 Å². The molecule has 29 heavy (non-hydrogen) atoms. The van der Waals surface area contributed by atoms with E-state index in [1.807, 2.05) is 6.07 Å². The molecule has 0 unspecified atom stereocenters. The largest absolute Gasteiger partial charge is 0.318 e. The molecule has 0 saturated carbocycles. The fourth-order valence-corrected chi connectivity index (χ4v) is 3.02. The van der Waals surface area contributed by atoms with Gasteiger partial charge in [0.05, 0.1) is 22.5 Å². The van der Waals surface area contributed by atoms with Gasteiger partial charge >= 0.3 is 0 Å². The number of hydrogen-bond acceptors (Lipinski definition) is 5. The summed E-state index contributed by atoms with van der Waals surface area (Å²) < 4.78 is 3.96. The van der Waals surface area contributed by atoms with Gasteiger partial charge < -0.3 is 5.32 Å². The Hall–Kier alpha value is -3.95. The molecule has 3 rings (SSSR count). The highest BCUT2D eigenvalue weighted by molar-refractivity contribution is 5.91. The molecule has 0 aliphatic rings. The topological polar surface area (TPSA) is 121 Å². The van der Waals surface area contributed by atoms with Crippen molar-refractivity contribution in [2.24, 2.45) is 7.05 Å². The zero-order chi connectivity index (χ0) is 21.3. The van der Waals surface area contributed by atoms with Crippen LogP contribution in [0.2, 0.25) is 0 Å². The van der Waals surface area contributed by atoms with Gasteiger partial charge in [0.2, 0.25) is 5.91 Å². The fraction of sp³-hybridized carbons (Fsp3) is 0.211. The zero-order valence-corrected chi connectivity index (χ0v) is 16.1. The molecule has 0 radical (unpaired) electrons. The van der Waals surface area contributed by atoms with Crippen molar-refractivity contribution >= 4 is 17.3 Å². The molecule has 150 valence electrons. The third-order valence-electron chi connectivity index (χ3n) is 4.63. The number of hydrogen-bond donors (Lipinski definition) is 1. The Morgan fingerprint density at radius 1 is 1.17 bits per heavy atom. The van der Waals surface area contributed by atoms with Crippen molar-refractivity contribution in [3.63, 3.8) is 0 Å². The Labute approximate surface area is 164 Å². The van der Waals surface area contributed by atoms with Gasteiger partial charge in [0.15, 0.2) is 0 Å². The molecule has 2 aromatic heterocycles. The van der Waals surface area contributed by atoms with Gasteiger partial charge in [0.25, 0.3) is 16.8 Å². The Morgan fingerprint density at radius 2 is 1.83 bits per heavy atom. The first kappa shape index (κ1) is 19.8. The van der Waals surface area contributed by atoms with Gasteiger partial charge in [-0.2, -0.15) is 0 Å². The van der Waals surface area contributed by atoms with E-state index >= 15 is 0 Å². The summed E-state index contributed by atoms with van der Waals surface area (Å²) in [5, 5.41) is 13.6. The van der Waals surface area contributed by atoms with Crippen LogP contribution in [0.4, 0.5) is 11.4 Å². The number of anilines is 1. The second kappa shape index (κ2) is 7.58. The number of nitrogens with one attached hydrogen (secondary N) is 1. The van der Waals surface area contributed by atoms with Crippen LogP contribution in [0, 0.1) is 24.0 Å². The average Bonchev–Trinajstić information content (AvgIpc) is 2.87. The second-order valence-electron chi connectivity index (χ2n) is 6.55. The van der Waals surface area contributed by atoms with Crippen LogP contribution in [0.15, 0.2) is 52.2 Å². The van der Waals surface area contributed by atoms with Crippen LogP contribution in [-0.2, 0) is 18.4 Å². The molecule has 10 heteroatoms. The maximum absolute atomic E-state index is 12.8. The van der Waals surface area contributed by atoms with Crippen molar-refractivity contribution in [1.82, 2.24) is 13.9 Å². The summed E-state index contributed by atoms with van der Waals surface area (Å²) in [6.45, 7) is 2.67. The molecule has 10 nitrogen and oxygen atoms in total. The van der Waals surface area contributed by atoms with Crippen molar-refractivity contribution in [2.45, 2.75) is 20.4 Å². The molecule has 1 aromatic carbocycles. The molecular weight excluding hydrogens is 378 g/mol. The van der Waals surface area contributed by atoms with Gasteiger partial charge in [-0.1, -0.05) is 18.2 Å². The van der Waals surface area contributed by atoms with Gasteiger partial charge in [-0.25, -0.2) is 4.68 Å². The maximum atomic E-state index is 12.8. The molecule has 0 atom stereocenters. The lowest BCUT2D eigenvalue weighted by molar-refractivity contribution is -0.385. The number of amides is 1. The standard InChI is InChI=1S/C19H19N5O5/c1-12-9-17(26)22(10-15(12)24(28)29)11-16(25)20-18-13(2)21(3)23(19(18)27)14-7-5-4-6-8-14/h4-10H,11H2,1-3H3,(H,20,25). The molecule has 3 aromatic rings. The van der Waals surface area contributed by atoms with E-state index in [1.54, 1.807) is 42.9 Å². The molecule has 0 saturated heterocycles. The lowest BCUT2D eigenvalue weighted by Crippen LogP contribution is -2.29. The second-order valence-corrected chi connectivity index (χ2v) is 6.55. The molecule has 0 fully saturated rings. The number of aromatic nitrogens is 3. The number of carbonyl (C=O) groups excluding carboxylic acids is 1. The minimum Gasteiger partial charge on any atom is -0.318 e. The van der Waals surface area contributed by atoms with Crippen molar-refractivity contribution < 1.29 is 9.72 Å². The zero-order valence-electron chi connectivity index (χ0n) is 16.1. The Kier molecular flexibility index (Phi) is 5.18. The summed E-state index contributed by atoms with van der Waals surface area (Å²) in [5.41, 5.74) is 0.210. The number of nitrogens with zero attached hydrogens (tertiary/aromatic N) is 4. The summed E-state index contributed by atoms with van der Waals surface area (Å²) in [6, 6.07) is 10.0. The monoisotopic (exact) mass is 397 g/mol. The maximum Gasteiger partial charge on any atom is 0.295 e. The van der Waals surface area contributed by atoms with E-state index in [4.69, 9.17) is 0 Å².